The van der Waals surface area contributed by atoms with Crippen LogP contribution in [0, 0.1) is 0 Å². The highest BCUT2D eigenvalue weighted by molar-refractivity contribution is 7.89. The summed E-state index contributed by atoms with van der Waals surface area (Å²) in [6.45, 7) is 0.0585. The van der Waals surface area contributed by atoms with E-state index in [0.717, 1.165) is 9.87 Å². The molecule has 4 aromatic rings. The van der Waals surface area contributed by atoms with Crippen molar-refractivity contribution >= 4 is 21.1 Å². The van der Waals surface area contributed by atoms with Gasteiger partial charge in [0.25, 0.3) is 0 Å². The van der Waals surface area contributed by atoms with Gasteiger partial charge in [0.2, 0.25) is 10.0 Å². The molecule has 9 nitrogen and oxygen atoms in total. The maximum Gasteiger partial charge on any atom is 0.242 e. The topological polar surface area (TPSA) is 103 Å². The van der Waals surface area contributed by atoms with E-state index in [2.05, 4.69) is 15.5 Å². The number of aromatic nitrogens is 4. The number of nitrogens with zero attached hydrogens (tertiary/aromatic N) is 5. The third kappa shape index (κ3) is 3.35. The Hall–Kier alpha value is -3.24. The zero-order valence-corrected chi connectivity index (χ0v) is 16.0. The van der Waals surface area contributed by atoms with E-state index in [1.54, 1.807) is 12.1 Å². The second-order valence-electron chi connectivity index (χ2n) is 6.22. The molecule has 0 bridgehead atoms. The van der Waals surface area contributed by atoms with E-state index in [-0.39, 0.29) is 11.5 Å². The highest BCUT2D eigenvalue weighted by atomic mass is 32.2. The second-order valence-corrected chi connectivity index (χ2v) is 8.37. The fourth-order valence-corrected chi connectivity index (χ4v) is 3.52. The smallest absolute Gasteiger partial charge is 0.242 e. The summed E-state index contributed by atoms with van der Waals surface area (Å²) in [7, 11) is -0.633. The van der Waals surface area contributed by atoms with Crippen molar-refractivity contribution in [3.63, 3.8) is 0 Å². The molecule has 0 aliphatic heterocycles. The molecular formula is C18H17N5O4S. The lowest BCUT2D eigenvalue weighted by molar-refractivity contribution is 0.0610. The molecule has 10 heteroatoms. The van der Waals surface area contributed by atoms with E-state index in [1.165, 1.54) is 31.1 Å². The molecule has 0 spiro atoms. The van der Waals surface area contributed by atoms with Crippen LogP contribution in [0.15, 0.2) is 64.0 Å². The highest BCUT2D eigenvalue weighted by Crippen LogP contribution is 2.20. The summed E-state index contributed by atoms with van der Waals surface area (Å²) in [5, 5.41) is 11.9. The standard InChI is InChI=1S/C18H17N5O4S/c1-22(2)28(24,25)15-8-9-16-18(11-15)23(21-19-16)26-12-14-10-17(20-27-14)13-6-4-3-5-7-13/h3-11H,12H2,1-2H3. The lowest BCUT2D eigenvalue weighted by Crippen LogP contribution is -2.22. The average Bonchev–Trinajstić information content (AvgIpc) is 3.33. The normalized spacial score (nSPS) is 12.0. The molecule has 0 aliphatic carbocycles. The van der Waals surface area contributed by atoms with Crippen LogP contribution in [0.1, 0.15) is 5.76 Å². The molecule has 0 atom stereocenters. The van der Waals surface area contributed by atoms with Crippen molar-refractivity contribution in [3.8, 4) is 11.3 Å². The lowest BCUT2D eigenvalue weighted by atomic mass is 10.1. The van der Waals surface area contributed by atoms with Gasteiger partial charge < -0.3 is 9.36 Å². The zero-order valence-electron chi connectivity index (χ0n) is 15.2. The quantitative estimate of drug-likeness (QED) is 0.488. The van der Waals surface area contributed by atoms with E-state index in [1.807, 2.05) is 30.3 Å². The molecule has 0 aliphatic rings. The Labute approximate surface area is 161 Å². The molecule has 2 heterocycles. The average molecular weight is 399 g/mol. The van der Waals surface area contributed by atoms with Crippen LogP contribution in [-0.2, 0) is 16.6 Å². The molecule has 0 saturated carbocycles. The Morgan fingerprint density at radius 2 is 1.89 bits per heavy atom. The van der Waals surface area contributed by atoms with Crippen LogP contribution >= 0.6 is 0 Å². The molecule has 0 fully saturated rings. The molecule has 0 radical (unpaired) electrons. The second kappa shape index (κ2) is 7.06. The van der Waals surface area contributed by atoms with Gasteiger partial charge >= 0.3 is 0 Å². The predicted molar refractivity (Wildman–Crippen MR) is 101 cm³/mol. The van der Waals surface area contributed by atoms with Crippen LogP contribution in [-0.4, -0.2) is 47.1 Å². The van der Waals surface area contributed by atoms with Crippen molar-refractivity contribution in [3.05, 3.63) is 60.4 Å². The van der Waals surface area contributed by atoms with Crippen molar-refractivity contribution in [1.29, 1.82) is 0 Å². The van der Waals surface area contributed by atoms with Crippen molar-refractivity contribution in [2.45, 2.75) is 11.5 Å². The number of fused-ring (bicyclic) bond motifs is 1. The minimum atomic E-state index is -3.58. The molecule has 28 heavy (non-hydrogen) atoms. The fraction of sp³-hybridized carbons (Fsp3) is 0.167. The van der Waals surface area contributed by atoms with Crippen molar-refractivity contribution in [2.75, 3.05) is 14.1 Å². The van der Waals surface area contributed by atoms with Gasteiger partial charge in [0.15, 0.2) is 12.4 Å². The first-order valence-electron chi connectivity index (χ1n) is 8.37. The van der Waals surface area contributed by atoms with Gasteiger partial charge in [0.1, 0.15) is 16.7 Å². The summed E-state index contributed by atoms with van der Waals surface area (Å²) in [4.78, 5) is 6.93. The van der Waals surface area contributed by atoms with Crippen molar-refractivity contribution in [2.24, 2.45) is 0 Å². The largest absolute Gasteiger partial charge is 0.387 e. The number of sulfonamides is 1. The Morgan fingerprint density at radius 3 is 2.64 bits per heavy atom. The number of hydrogen-bond donors (Lipinski definition) is 0. The van der Waals surface area contributed by atoms with E-state index < -0.39 is 10.0 Å². The summed E-state index contributed by atoms with van der Waals surface area (Å²) in [6, 6.07) is 15.9. The van der Waals surface area contributed by atoms with E-state index in [0.29, 0.717) is 22.5 Å². The maximum atomic E-state index is 12.3. The summed E-state index contributed by atoms with van der Waals surface area (Å²) in [6.07, 6.45) is 0. The maximum absolute atomic E-state index is 12.3. The van der Waals surface area contributed by atoms with Crippen molar-refractivity contribution in [1.82, 2.24) is 24.6 Å². The Kier molecular flexibility index (Phi) is 4.57. The molecule has 144 valence electrons. The number of rotatable bonds is 6. The molecule has 0 amide bonds. The van der Waals surface area contributed by atoms with Crippen LogP contribution in [0.3, 0.4) is 0 Å². The first kappa shape index (κ1) is 18.1. The predicted octanol–water partition coefficient (Wildman–Crippen LogP) is 1.97. The van der Waals surface area contributed by atoms with Crippen LogP contribution in [0.25, 0.3) is 22.3 Å². The van der Waals surface area contributed by atoms with Gasteiger partial charge in [-0.25, -0.2) is 12.7 Å². The first-order valence-corrected chi connectivity index (χ1v) is 9.81. The van der Waals surface area contributed by atoms with Crippen LogP contribution < -0.4 is 4.84 Å². The van der Waals surface area contributed by atoms with Gasteiger partial charge in [-0.3, -0.25) is 0 Å². The molecule has 2 aromatic carbocycles. The van der Waals surface area contributed by atoms with E-state index in [4.69, 9.17) is 9.36 Å². The molecular weight excluding hydrogens is 382 g/mol. The zero-order chi connectivity index (χ0) is 19.7. The summed E-state index contributed by atoms with van der Waals surface area (Å²) < 4.78 is 31.1. The monoisotopic (exact) mass is 399 g/mol. The Bertz CT molecular complexity index is 1220. The van der Waals surface area contributed by atoms with Crippen LogP contribution in [0.4, 0.5) is 0 Å². The van der Waals surface area contributed by atoms with Gasteiger partial charge in [-0.1, -0.05) is 40.3 Å². The third-order valence-electron chi connectivity index (χ3n) is 4.12. The fourth-order valence-electron chi connectivity index (χ4n) is 2.60. The van der Waals surface area contributed by atoms with Gasteiger partial charge in [0.05, 0.1) is 4.90 Å². The molecule has 2 aromatic heterocycles. The van der Waals surface area contributed by atoms with Gasteiger partial charge in [0, 0.05) is 25.7 Å². The minimum Gasteiger partial charge on any atom is -0.387 e. The van der Waals surface area contributed by atoms with E-state index >= 15 is 0 Å². The van der Waals surface area contributed by atoms with Crippen molar-refractivity contribution < 1.29 is 17.8 Å². The molecule has 0 N–H and O–H groups in total. The van der Waals surface area contributed by atoms with Gasteiger partial charge in [-0.05, 0) is 23.4 Å². The molecule has 0 saturated heterocycles. The Balaban J connectivity index is 1.56. The molecule has 4 rings (SSSR count). The number of benzene rings is 2. The van der Waals surface area contributed by atoms with Gasteiger partial charge in [-0.15, -0.1) is 5.10 Å². The third-order valence-corrected chi connectivity index (χ3v) is 5.93. The number of hydrogen-bond acceptors (Lipinski definition) is 7. The highest BCUT2D eigenvalue weighted by Gasteiger charge is 2.19. The lowest BCUT2D eigenvalue weighted by Gasteiger charge is -2.11. The SMILES string of the molecule is CN(C)S(=O)(=O)c1ccc2nnn(OCc3cc(-c4ccccc4)no3)c2c1. The summed E-state index contributed by atoms with van der Waals surface area (Å²) in [5.74, 6) is 0.500. The Morgan fingerprint density at radius 1 is 1.11 bits per heavy atom. The summed E-state index contributed by atoms with van der Waals surface area (Å²) in [5.41, 5.74) is 2.58. The van der Waals surface area contributed by atoms with Gasteiger partial charge in [-0.2, -0.15) is 0 Å². The van der Waals surface area contributed by atoms with E-state index in [9.17, 15) is 8.42 Å². The van der Waals surface area contributed by atoms with Crippen LogP contribution in [0.5, 0.6) is 0 Å². The summed E-state index contributed by atoms with van der Waals surface area (Å²) >= 11 is 0. The molecule has 0 unspecified atom stereocenters. The van der Waals surface area contributed by atoms with Crippen LogP contribution in [0.2, 0.25) is 0 Å². The first-order chi connectivity index (χ1) is 13.4. The minimum absolute atomic E-state index is 0.0585.